The van der Waals surface area contributed by atoms with E-state index in [-0.39, 0.29) is 5.97 Å². The van der Waals surface area contributed by atoms with Gasteiger partial charge >= 0.3 is 5.97 Å². The molecule has 0 atom stereocenters. The average molecular weight is 377 g/mol. The Bertz CT molecular complexity index is 1130. The predicted molar refractivity (Wildman–Crippen MR) is 110 cm³/mol. The first-order valence-electron chi connectivity index (χ1n) is 8.69. The number of hydrogen-bond acceptors (Lipinski definition) is 5. The van der Waals surface area contributed by atoms with Crippen molar-refractivity contribution >= 4 is 33.9 Å². The summed E-state index contributed by atoms with van der Waals surface area (Å²) in [5.41, 5.74) is 11.5. The second-order valence-corrected chi connectivity index (χ2v) is 7.23. The SMILES string of the molecule is CCOC(=O)c1sc(-c2cc(N)c3[nH]c(-c4ccccc4)cc3c2)nc1C. The first-order valence-corrected chi connectivity index (χ1v) is 9.51. The van der Waals surface area contributed by atoms with Crippen molar-refractivity contribution in [1.82, 2.24) is 9.97 Å². The van der Waals surface area contributed by atoms with Gasteiger partial charge in [-0.05, 0) is 37.6 Å². The maximum Gasteiger partial charge on any atom is 0.350 e. The third-order valence-corrected chi connectivity index (χ3v) is 5.53. The molecular weight excluding hydrogens is 358 g/mol. The van der Waals surface area contributed by atoms with E-state index in [1.807, 2.05) is 37.3 Å². The van der Waals surface area contributed by atoms with Crippen molar-refractivity contribution in [3.8, 4) is 21.8 Å². The van der Waals surface area contributed by atoms with E-state index in [9.17, 15) is 4.79 Å². The number of benzene rings is 2. The normalized spacial score (nSPS) is 11.0. The van der Waals surface area contributed by atoms with Crippen LogP contribution in [-0.4, -0.2) is 22.5 Å². The standard InChI is InChI=1S/C21H19N3O2S/c1-3-26-21(25)19-12(2)23-20(27-19)15-9-14-11-17(13-7-5-4-6-8-13)24-18(14)16(22)10-15/h4-11,24H,3,22H2,1-2H3. The summed E-state index contributed by atoms with van der Waals surface area (Å²) in [6, 6.07) is 16.1. The van der Waals surface area contributed by atoms with Gasteiger partial charge in [-0.15, -0.1) is 11.3 Å². The summed E-state index contributed by atoms with van der Waals surface area (Å²) in [7, 11) is 0. The number of esters is 1. The molecule has 2 aromatic heterocycles. The average Bonchev–Trinajstić information content (AvgIpc) is 3.27. The Morgan fingerprint density at radius 2 is 1.96 bits per heavy atom. The quantitative estimate of drug-likeness (QED) is 0.386. The maximum atomic E-state index is 12.1. The molecule has 0 aliphatic carbocycles. The molecule has 0 bridgehead atoms. The number of thiazole rings is 1. The summed E-state index contributed by atoms with van der Waals surface area (Å²) in [5.74, 6) is -0.333. The van der Waals surface area contributed by atoms with Gasteiger partial charge in [-0.1, -0.05) is 30.3 Å². The Morgan fingerprint density at radius 1 is 1.19 bits per heavy atom. The molecule has 0 saturated carbocycles. The molecule has 0 unspecified atom stereocenters. The van der Waals surface area contributed by atoms with Crippen LogP contribution in [0.15, 0.2) is 48.5 Å². The van der Waals surface area contributed by atoms with Crippen LogP contribution in [0.3, 0.4) is 0 Å². The molecule has 2 heterocycles. The summed E-state index contributed by atoms with van der Waals surface area (Å²) < 4.78 is 5.11. The Kier molecular flexibility index (Phi) is 4.41. The largest absolute Gasteiger partial charge is 0.462 e. The lowest BCUT2D eigenvalue weighted by Crippen LogP contribution is -2.03. The van der Waals surface area contributed by atoms with Crippen LogP contribution in [0.2, 0.25) is 0 Å². The predicted octanol–water partition coefficient (Wildman–Crippen LogP) is 5.03. The molecule has 4 rings (SSSR count). The number of carbonyl (C=O) groups is 1. The van der Waals surface area contributed by atoms with Crippen LogP contribution in [0.5, 0.6) is 0 Å². The first kappa shape index (κ1) is 17.3. The number of aromatic amines is 1. The highest BCUT2D eigenvalue weighted by Gasteiger charge is 2.18. The molecule has 27 heavy (non-hydrogen) atoms. The van der Waals surface area contributed by atoms with Gasteiger partial charge in [-0.25, -0.2) is 9.78 Å². The van der Waals surface area contributed by atoms with E-state index in [0.717, 1.165) is 32.7 Å². The second-order valence-electron chi connectivity index (χ2n) is 6.23. The van der Waals surface area contributed by atoms with Gasteiger partial charge in [-0.2, -0.15) is 0 Å². The minimum absolute atomic E-state index is 0.333. The van der Waals surface area contributed by atoms with E-state index in [1.54, 1.807) is 6.92 Å². The number of ether oxygens (including phenoxy) is 1. The monoisotopic (exact) mass is 377 g/mol. The Labute approximate surface area is 160 Å². The fraction of sp³-hybridized carbons (Fsp3) is 0.143. The van der Waals surface area contributed by atoms with E-state index in [0.29, 0.717) is 22.9 Å². The van der Waals surface area contributed by atoms with Gasteiger partial charge in [0.1, 0.15) is 9.88 Å². The number of rotatable bonds is 4. The molecule has 6 heteroatoms. The van der Waals surface area contributed by atoms with E-state index in [2.05, 4.69) is 28.2 Å². The lowest BCUT2D eigenvalue weighted by molar-refractivity contribution is 0.0531. The molecule has 2 aromatic carbocycles. The number of carbonyl (C=O) groups excluding carboxylic acids is 1. The van der Waals surface area contributed by atoms with Crippen molar-refractivity contribution in [3.05, 3.63) is 59.1 Å². The highest BCUT2D eigenvalue weighted by Crippen LogP contribution is 2.35. The summed E-state index contributed by atoms with van der Waals surface area (Å²) in [6.45, 7) is 3.95. The van der Waals surface area contributed by atoms with Crippen LogP contribution in [0.25, 0.3) is 32.7 Å². The zero-order chi connectivity index (χ0) is 19.0. The maximum absolute atomic E-state index is 12.1. The minimum atomic E-state index is -0.333. The second kappa shape index (κ2) is 6.89. The number of anilines is 1. The topological polar surface area (TPSA) is 81.0 Å². The third kappa shape index (κ3) is 3.19. The fourth-order valence-corrected chi connectivity index (χ4v) is 4.02. The van der Waals surface area contributed by atoms with E-state index in [1.165, 1.54) is 11.3 Å². The van der Waals surface area contributed by atoms with Gasteiger partial charge in [0.15, 0.2) is 0 Å². The molecule has 0 aliphatic heterocycles. The third-order valence-electron chi connectivity index (χ3n) is 4.35. The van der Waals surface area contributed by atoms with Gasteiger partial charge in [-0.3, -0.25) is 0 Å². The number of nitrogen functional groups attached to an aromatic ring is 1. The van der Waals surface area contributed by atoms with Gasteiger partial charge in [0.25, 0.3) is 0 Å². The minimum Gasteiger partial charge on any atom is -0.462 e. The Hall–Kier alpha value is -3.12. The fourth-order valence-electron chi connectivity index (χ4n) is 3.07. The van der Waals surface area contributed by atoms with Crippen LogP contribution in [0.1, 0.15) is 22.3 Å². The smallest absolute Gasteiger partial charge is 0.350 e. The van der Waals surface area contributed by atoms with E-state index >= 15 is 0 Å². The lowest BCUT2D eigenvalue weighted by atomic mass is 10.1. The molecule has 0 fully saturated rings. The summed E-state index contributed by atoms with van der Waals surface area (Å²) in [4.78, 5) is 20.5. The van der Waals surface area contributed by atoms with Crippen molar-refractivity contribution in [2.75, 3.05) is 12.3 Å². The molecule has 0 radical (unpaired) electrons. The van der Waals surface area contributed by atoms with Crippen LogP contribution in [0, 0.1) is 6.92 Å². The van der Waals surface area contributed by atoms with Crippen molar-refractivity contribution in [2.24, 2.45) is 0 Å². The van der Waals surface area contributed by atoms with Crippen LogP contribution in [-0.2, 0) is 4.74 Å². The van der Waals surface area contributed by atoms with Crippen LogP contribution in [0.4, 0.5) is 5.69 Å². The number of aryl methyl sites for hydroxylation is 1. The lowest BCUT2D eigenvalue weighted by Gasteiger charge is -2.01. The molecule has 0 amide bonds. The number of H-pyrrole nitrogens is 1. The Morgan fingerprint density at radius 3 is 2.70 bits per heavy atom. The molecule has 0 saturated heterocycles. The van der Waals surface area contributed by atoms with E-state index < -0.39 is 0 Å². The highest BCUT2D eigenvalue weighted by molar-refractivity contribution is 7.17. The van der Waals surface area contributed by atoms with Crippen molar-refractivity contribution in [2.45, 2.75) is 13.8 Å². The molecule has 3 N–H and O–H groups in total. The molecule has 0 aliphatic rings. The number of nitrogens with zero attached hydrogens (tertiary/aromatic N) is 1. The molecular formula is C21H19N3O2S. The van der Waals surface area contributed by atoms with Crippen LogP contribution < -0.4 is 5.73 Å². The molecule has 5 nitrogen and oxygen atoms in total. The van der Waals surface area contributed by atoms with Gasteiger partial charge in [0.05, 0.1) is 23.5 Å². The van der Waals surface area contributed by atoms with Crippen molar-refractivity contribution in [3.63, 3.8) is 0 Å². The molecule has 136 valence electrons. The summed E-state index contributed by atoms with van der Waals surface area (Å²) in [6.07, 6.45) is 0. The Balaban J connectivity index is 1.78. The summed E-state index contributed by atoms with van der Waals surface area (Å²) >= 11 is 1.33. The van der Waals surface area contributed by atoms with Crippen molar-refractivity contribution in [1.29, 1.82) is 0 Å². The summed E-state index contributed by atoms with van der Waals surface area (Å²) in [5, 5.41) is 1.76. The number of nitrogens with two attached hydrogens (primary N) is 1. The van der Waals surface area contributed by atoms with E-state index in [4.69, 9.17) is 10.5 Å². The highest BCUT2D eigenvalue weighted by atomic mass is 32.1. The van der Waals surface area contributed by atoms with Crippen LogP contribution >= 0.6 is 11.3 Å². The number of nitrogens with one attached hydrogen (secondary N) is 1. The number of aromatic nitrogens is 2. The van der Waals surface area contributed by atoms with Gasteiger partial charge in [0.2, 0.25) is 0 Å². The molecule has 0 spiro atoms. The first-order chi connectivity index (χ1) is 13.1. The van der Waals surface area contributed by atoms with Gasteiger partial charge < -0.3 is 15.5 Å². The molecule has 4 aromatic rings. The van der Waals surface area contributed by atoms with Gasteiger partial charge in [0, 0.05) is 16.6 Å². The zero-order valence-corrected chi connectivity index (χ0v) is 15.9. The number of fused-ring (bicyclic) bond motifs is 1. The zero-order valence-electron chi connectivity index (χ0n) is 15.1. The number of hydrogen-bond donors (Lipinski definition) is 2. The van der Waals surface area contributed by atoms with Crippen molar-refractivity contribution < 1.29 is 9.53 Å².